The summed E-state index contributed by atoms with van der Waals surface area (Å²) in [5, 5.41) is 0. The summed E-state index contributed by atoms with van der Waals surface area (Å²) in [5.74, 6) is 0.101. The van der Waals surface area contributed by atoms with Crippen LogP contribution in [0.15, 0.2) is 18.2 Å². The Labute approximate surface area is 173 Å². The summed E-state index contributed by atoms with van der Waals surface area (Å²) in [6, 6.07) is 6.40. The first-order valence-corrected chi connectivity index (χ1v) is 9.66. The first kappa shape index (κ1) is 25.9. The molecule has 0 aromatic heterocycles. The van der Waals surface area contributed by atoms with Gasteiger partial charge >= 0.3 is 0 Å². The van der Waals surface area contributed by atoms with Crippen LogP contribution in [0.2, 0.25) is 0 Å². The van der Waals surface area contributed by atoms with Gasteiger partial charge in [-0.3, -0.25) is 9.69 Å². The van der Waals surface area contributed by atoms with Crippen molar-refractivity contribution in [2.45, 2.75) is 78.7 Å². The van der Waals surface area contributed by atoms with E-state index in [0.29, 0.717) is 0 Å². The maximum atomic E-state index is 13.1. The van der Waals surface area contributed by atoms with Gasteiger partial charge in [0.2, 0.25) is 0 Å². The number of likely N-dealkylation sites (N-methyl/N-ethyl adjacent to an activating group) is 2. The van der Waals surface area contributed by atoms with Crippen molar-refractivity contribution < 1.29 is 4.79 Å². The third-order valence-electron chi connectivity index (χ3n) is 5.17. The van der Waals surface area contributed by atoms with Crippen LogP contribution in [0, 0.1) is 0 Å². The molecule has 0 spiro atoms. The third kappa shape index (κ3) is 7.46. The first-order chi connectivity index (χ1) is 11.5. The van der Waals surface area contributed by atoms with E-state index < -0.39 is 0 Å². The summed E-state index contributed by atoms with van der Waals surface area (Å²) in [6.45, 7) is 21.3. The lowest BCUT2D eigenvalue weighted by atomic mass is 9.79. The molecule has 1 aromatic rings. The Hall–Kier alpha value is -1.06. The van der Waals surface area contributed by atoms with Gasteiger partial charge < -0.3 is 4.90 Å². The average Bonchev–Trinajstić information content (AvgIpc) is 2.48. The summed E-state index contributed by atoms with van der Waals surface area (Å²) in [6.07, 6.45) is 0. The zero-order chi connectivity index (χ0) is 20.5. The van der Waals surface area contributed by atoms with Crippen molar-refractivity contribution >= 4 is 18.3 Å². The van der Waals surface area contributed by atoms with E-state index >= 15 is 0 Å². The van der Waals surface area contributed by atoms with E-state index in [-0.39, 0.29) is 34.7 Å². The SMILES string of the molecule is CN(CCN(C)C(C)(C)C)C(=O)c1cc(C(C)(C)C)cc(C(C)(C)C)c1.Cl. The number of nitrogens with zero attached hydrogens (tertiary/aromatic N) is 2. The summed E-state index contributed by atoms with van der Waals surface area (Å²) in [5.41, 5.74) is 3.36. The van der Waals surface area contributed by atoms with Crippen molar-refractivity contribution in [1.82, 2.24) is 9.80 Å². The van der Waals surface area contributed by atoms with E-state index in [4.69, 9.17) is 0 Å². The lowest BCUT2D eigenvalue weighted by Crippen LogP contribution is -2.43. The van der Waals surface area contributed by atoms with Crippen LogP contribution < -0.4 is 0 Å². The van der Waals surface area contributed by atoms with Crippen LogP contribution in [-0.2, 0) is 10.8 Å². The Morgan fingerprint density at radius 2 is 1.19 bits per heavy atom. The topological polar surface area (TPSA) is 23.6 Å². The molecule has 0 atom stereocenters. The molecule has 0 aliphatic heterocycles. The van der Waals surface area contributed by atoms with E-state index in [9.17, 15) is 4.79 Å². The average molecular weight is 397 g/mol. The van der Waals surface area contributed by atoms with Crippen LogP contribution in [0.4, 0.5) is 0 Å². The highest BCUT2D eigenvalue weighted by Gasteiger charge is 2.24. The molecule has 0 saturated heterocycles. The number of carbonyl (C=O) groups excluding carboxylic acids is 1. The van der Waals surface area contributed by atoms with Gasteiger partial charge in [0.05, 0.1) is 0 Å². The number of amides is 1. The number of halogens is 1. The highest BCUT2D eigenvalue weighted by molar-refractivity contribution is 5.94. The summed E-state index contributed by atoms with van der Waals surface area (Å²) in [4.78, 5) is 17.2. The predicted molar refractivity (Wildman–Crippen MR) is 120 cm³/mol. The molecular formula is C23H41ClN2O. The van der Waals surface area contributed by atoms with Gasteiger partial charge in [0, 0.05) is 31.2 Å². The van der Waals surface area contributed by atoms with Crippen LogP contribution in [0.25, 0.3) is 0 Å². The first-order valence-electron chi connectivity index (χ1n) is 9.66. The predicted octanol–water partition coefficient (Wildman–Crippen LogP) is 5.51. The molecule has 27 heavy (non-hydrogen) atoms. The second-order valence-corrected chi connectivity index (χ2v) is 10.6. The highest BCUT2D eigenvalue weighted by atomic mass is 35.5. The number of benzene rings is 1. The van der Waals surface area contributed by atoms with Crippen molar-refractivity contribution in [3.05, 3.63) is 34.9 Å². The molecule has 0 bridgehead atoms. The summed E-state index contributed by atoms with van der Waals surface area (Å²) in [7, 11) is 4.01. The molecule has 0 N–H and O–H groups in total. The van der Waals surface area contributed by atoms with Crippen LogP contribution in [0.5, 0.6) is 0 Å². The fourth-order valence-electron chi connectivity index (χ4n) is 2.57. The van der Waals surface area contributed by atoms with Gasteiger partial charge in [0.25, 0.3) is 5.91 Å². The number of hydrogen-bond donors (Lipinski definition) is 0. The number of carbonyl (C=O) groups is 1. The molecule has 0 aliphatic rings. The normalized spacial score (nSPS) is 12.7. The molecule has 156 valence electrons. The summed E-state index contributed by atoms with van der Waals surface area (Å²) < 4.78 is 0. The molecule has 0 radical (unpaired) electrons. The van der Waals surface area contributed by atoms with E-state index in [2.05, 4.69) is 92.5 Å². The smallest absolute Gasteiger partial charge is 0.253 e. The van der Waals surface area contributed by atoms with Crippen LogP contribution in [-0.4, -0.2) is 48.4 Å². The zero-order valence-electron chi connectivity index (χ0n) is 19.4. The standard InChI is InChI=1S/C23H40N2O.ClH/c1-21(2,3)18-14-17(15-19(16-18)22(4,5)6)20(26)24(10)12-13-25(11)23(7,8)9;/h14-16H,12-13H2,1-11H3;1H. The Kier molecular flexibility index (Phi) is 8.61. The third-order valence-corrected chi connectivity index (χ3v) is 5.17. The van der Waals surface area contributed by atoms with Gasteiger partial charge in [-0.25, -0.2) is 0 Å². The molecule has 0 heterocycles. The molecule has 3 nitrogen and oxygen atoms in total. The molecule has 1 aromatic carbocycles. The van der Waals surface area contributed by atoms with Crippen LogP contribution >= 0.6 is 12.4 Å². The second-order valence-electron chi connectivity index (χ2n) is 10.6. The van der Waals surface area contributed by atoms with Crippen molar-refractivity contribution in [1.29, 1.82) is 0 Å². The summed E-state index contributed by atoms with van der Waals surface area (Å²) >= 11 is 0. The fourth-order valence-corrected chi connectivity index (χ4v) is 2.57. The molecule has 0 saturated carbocycles. The maximum Gasteiger partial charge on any atom is 0.253 e. The minimum Gasteiger partial charge on any atom is -0.340 e. The van der Waals surface area contributed by atoms with Gasteiger partial charge in [-0.15, -0.1) is 12.4 Å². The Bertz CT molecular complexity index is 601. The molecule has 1 amide bonds. The molecule has 4 heteroatoms. The van der Waals surface area contributed by atoms with Gasteiger partial charge in [-0.2, -0.15) is 0 Å². The Morgan fingerprint density at radius 1 is 0.778 bits per heavy atom. The minimum absolute atomic E-state index is 0. The quantitative estimate of drug-likeness (QED) is 0.670. The van der Waals surface area contributed by atoms with E-state index in [1.54, 1.807) is 0 Å². The monoisotopic (exact) mass is 396 g/mol. The fraction of sp³-hybridized carbons (Fsp3) is 0.696. The Morgan fingerprint density at radius 3 is 1.52 bits per heavy atom. The lowest BCUT2D eigenvalue weighted by molar-refractivity contribution is 0.0757. The molecular weight excluding hydrogens is 356 g/mol. The molecule has 0 aliphatic carbocycles. The molecule has 0 unspecified atom stereocenters. The van der Waals surface area contributed by atoms with E-state index in [0.717, 1.165) is 18.7 Å². The zero-order valence-corrected chi connectivity index (χ0v) is 20.2. The lowest BCUT2D eigenvalue weighted by Gasteiger charge is -2.33. The highest BCUT2D eigenvalue weighted by Crippen LogP contribution is 2.30. The van der Waals surface area contributed by atoms with Gasteiger partial charge in [0.15, 0.2) is 0 Å². The van der Waals surface area contributed by atoms with E-state index in [1.165, 1.54) is 11.1 Å². The second kappa shape index (κ2) is 8.96. The Balaban J connectivity index is 0.00000676. The maximum absolute atomic E-state index is 13.1. The van der Waals surface area contributed by atoms with Gasteiger partial charge in [-0.1, -0.05) is 47.6 Å². The van der Waals surface area contributed by atoms with Gasteiger partial charge in [0.1, 0.15) is 0 Å². The largest absolute Gasteiger partial charge is 0.340 e. The van der Waals surface area contributed by atoms with Gasteiger partial charge in [-0.05, 0) is 61.9 Å². The van der Waals surface area contributed by atoms with E-state index in [1.807, 2.05) is 11.9 Å². The minimum atomic E-state index is 0. The van der Waals surface area contributed by atoms with Crippen molar-refractivity contribution in [3.63, 3.8) is 0 Å². The van der Waals surface area contributed by atoms with Crippen molar-refractivity contribution in [2.75, 3.05) is 27.2 Å². The van der Waals surface area contributed by atoms with Crippen LogP contribution in [0.3, 0.4) is 0 Å². The molecule has 1 rings (SSSR count). The van der Waals surface area contributed by atoms with Crippen LogP contribution in [0.1, 0.15) is 83.8 Å². The number of hydrogen-bond acceptors (Lipinski definition) is 2. The van der Waals surface area contributed by atoms with Crippen molar-refractivity contribution in [2.24, 2.45) is 0 Å². The van der Waals surface area contributed by atoms with Crippen molar-refractivity contribution in [3.8, 4) is 0 Å². The molecule has 0 fully saturated rings. The number of rotatable bonds is 4.